The van der Waals surface area contributed by atoms with Crippen molar-refractivity contribution in [3.05, 3.63) is 35.0 Å². The van der Waals surface area contributed by atoms with Crippen molar-refractivity contribution in [3.63, 3.8) is 0 Å². The number of hydrogen-bond acceptors (Lipinski definition) is 4. The molecule has 5 heteroatoms. The van der Waals surface area contributed by atoms with Gasteiger partial charge in [0, 0.05) is 25.9 Å². The number of hydrogen-bond donors (Lipinski definition) is 0. The number of pyridine rings is 1. The fourth-order valence-electron chi connectivity index (χ4n) is 1.37. The summed E-state index contributed by atoms with van der Waals surface area (Å²) in [5, 5.41) is 4.06. The molecule has 0 aromatic carbocycles. The number of nitrogens with zero attached hydrogens (tertiary/aromatic N) is 3. The van der Waals surface area contributed by atoms with Gasteiger partial charge < -0.3 is 0 Å². The Hall–Kier alpha value is -1.78. The first kappa shape index (κ1) is 11.3. The molecule has 80 valence electrons. The third-order valence-corrected chi connectivity index (χ3v) is 2.13. The number of carbonyl (C=O) groups excluding carboxylic acids is 1. The fraction of sp³-hybridized carbons (Fsp3) is 0.400. The highest BCUT2D eigenvalue weighted by Crippen LogP contribution is 2.22. The van der Waals surface area contributed by atoms with E-state index >= 15 is 0 Å². The van der Waals surface area contributed by atoms with Gasteiger partial charge in [-0.05, 0) is 18.6 Å². The van der Waals surface area contributed by atoms with Crippen molar-refractivity contribution < 1.29 is 4.79 Å². The molecule has 1 aromatic rings. The second kappa shape index (κ2) is 5.19. The van der Waals surface area contributed by atoms with Crippen LogP contribution in [0.1, 0.15) is 24.9 Å². The molecule has 0 radical (unpaired) electrons. The fourth-order valence-corrected chi connectivity index (χ4v) is 1.37. The van der Waals surface area contributed by atoms with Gasteiger partial charge in [0.05, 0.1) is 11.3 Å². The van der Waals surface area contributed by atoms with Crippen LogP contribution in [0, 0.1) is 4.91 Å². The molecule has 1 aromatic heterocycles. The summed E-state index contributed by atoms with van der Waals surface area (Å²) in [5.41, 5.74) is 0.815. The topological polar surface area (TPSA) is 62.6 Å². The molecule has 0 saturated heterocycles. The Morgan fingerprint density at radius 1 is 1.67 bits per heavy atom. The molecular weight excluding hydrogens is 194 g/mol. The van der Waals surface area contributed by atoms with Crippen LogP contribution < -0.4 is 0 Å². The van der Waals surface area contributed by atoms with Crippen LogP contribution in [0.5, 0.6) is 0 Å². The normalized spacial score (nSPS) is 11.9. The summed E-state index contributed by atoms with van der Waals surface area (Å²) in [6.45, 7) is 1.49. The molecule has 0 bridgehead atoms. The SMILES string of the molecule is CC(=O)CC(c1cccnc1)N(C)N=O. The van der Waals surface area contributed by atoms with Crippen LogP contribution in [0.3, 0.4) is 0 Å². The quantitative estimate of drug-likeness (QED) is 0.544. The van der Waals surface area contributed by atoms with Crippen LogP contribution in [0.25, 0.3) is 0 Å². The van der Waals surface area contributed by atoms with Crippen molar-refractivity contribution in [1.29, 1.82) is 0 Å². The molecular formula is C10H13N3O2. The van der Waals surface area contributed by atoms with Crippen LogP contribution in [0.4, 0.5) is 0 Å². The maximum absolute atomic E-state index is 11.1. The highest BCUT2D eigenvalue weighted by Gasteiger charge is 2.18. The zero-order chi connectivity index (χ0) is 11.3. The first-order valence-corrected chi connectivity index (χ1v) is 4.60. The summed E-state index contributed by atoms with van der Waals surface area (Å²) in [4.78, 5) is 25.5. The third kappa shape index (κ3) is 3.12. The van der Waals surface area contributed by atoms with E-state index in [4.69, 9.17) is 0 Å². The van der Waals surface area contributed by atoms with Crippen molar-refractivity contribution in [2.45, 2.75) is 19.4 Å². The Bertz CT molecular complexity index is 340. The lowest BCUT2D eigenvalue weighted by Gasteiger charge is -2.21. The van der Waals surface area contributed by atoms with Crippen LogP contribution in [0.2, 0.25) is 0 Å². The molecule has 0 aliphatic heterocycles. The lowest BCUT2D eigenvalue weighted by atomic mass is 10.0. The molecule has 0 aliphatic carbocycles. The van der Waals surface area contributed by atoms with E-state index in [1.54, 1.807) is 25.5 Å². The zero-order valence-corrected chi connectivity index (χ0v) is 8.75. The Morgan fingerprint density at radius 3 is 2.87 bits per heavy atom. The number of nitroso groups, excluding NO2 is 1. The van der Waals surface area contributed by atoms with Crippen LogP contribution in [0.15, 0.2) is 29.8 Å². The van der Waals surface area contributed by atoms with Gasteiger partial charge in [0.15, 0.2) is 0 Å². The van der Waals surface area contributed by atoms with Gasteiger partial charge in [0.25, 0.3) is 0 Å². The van der Waals surface area contributed by atoms with Gasteiger partial charge in [-0.1, -0.05) is 6.07 Å². The maximum atomic E-state index is 11.1. The number of aromatic nitrogens is 1. The Labute approximate surface area is 88.1 Å². The first-order valence-electron chi connectivity index (χ1n) is 4.60. The molecule has 1 unspecified atom stereocenters. The van der Waals surface area contributed by atoms with E-state index in [-0.39, 0.29) is 18.2 Å². The van der Waals surface area contributed by atoms with Crippen LogP contribution >= 0.6 is 0 Å². The highest BCUT2D eigenvalue weighted by molar-refractivity contribution is 5.76. The molecule has 0 N–H and O–H groups in total. The first-order chi connectivity index (χ1) is 7.15. The van der Waals surface area contributed by atoms with Crippen molar-refractivity contribution in [3.8, 4) is 0 Å². The summed E-state index contributed by atoms with van der Waals surface area (Å²) in [5.74, 6) is 0.0133. The summed E-state index contributed by atoms with van der Waals surface area (Å²) >= 11 is 0. The van der Waals surface area contributed by atoms with Crippen molar-refractivity contribution in [1.82, 2.24) is 9.99 Å². The monoisotopic (exact) mass is 207 g/mol. The number of Topliss-reactive ketones (excluding diaryl/α,β-unsaturated/α-hetero) is 1. The third-order valence-electron chi connectivity index (χ3n) is 2.13. The van der Waals surface area contributed by atoms with E-state index in [1.807, 2.05) is 6.07 Å². The maximum Gasteiger partial charge on any atom is 0.132 e. The lowest BCUT2D eigenvalue weighted by Crippen LogP contribution is -2.21. The number of rotatable bonds is 5. The standard InChI is InChI=1S/C10H13N3O2/c1-8(14)6-10(13(2)12-15)9-4-3-5-11-7-9/h3-5,7,10H,6H2,1-2H3. The minimum Gasteiger partial charge on any atom is -0.300 e. The molecule has 0 spiro atoms. The summed E-state index contributed by atoms with van der Waals surface area (Å²) in [7, 11) is 1.55. The molecule has 0 amide bonds. The smallest absolute Gasteiger partial charge is 0.132 e. The minimum absolute atomic E-state index is 0.0133. The van der Waals surface area contributed by atoms with Gasteiger partial charge in [-0.3, -0.25) is 14.8 Å². The van der Waals surface area contributed by atoms with Gasteiger partial charge in [0.1, 0.15) is 5.78 Å². The van der Waals surface area contributed by atoms with E-state index < -0.39 is 0 Å². The summed E-state index contributed by atoms with van der Waals surface area (Å²) in [6, 6.07) is 3.26. The molecule has 1 rings (SSSR count). The van der Waals surface area contributed by atoms with Gasteiger partial charge >= 0.3 is 0 Å². The molecule has 1 atom stereocenters. The molecule has 0 saturated carbocycles. The minimum atomic E-state index is -0.325. The predicted molar refractivity (Wildman–Crippen MR) is 55.8 cm³/mol. The average molecular weight is 207 g/mol. The van der Waals surface area contributed by atoms with Crippen LogP contribution in [-0.4, -0.2) is 22.8 Å². The number of carbonyl (C=O) groups is 1. The lowest BCUT2D eigenvalue weighted by molar-refractivity contribution is -0.118. The molecule has 0 aliphatic rings. The van der Waals surface area contributed by atoms with Gasteiger partial charge in [-0.2, -0.15) is 0 Å². The van der Waals surface area contributed by atoms with Crippen molar-refractivity contribution in [2.75, 3.05) is 7.05 Å². The second-order valence-corrected chi connectivity index (χ2v) is 3.36. The molecule has 5 nitrogen and oxygen atoms in total. The van der Waals surface area contributed by atoms with Gasteiger partial charge in [-0.25, -0.2) is 0 Å². The number of ketones is 1. The average Bonchev–Trinajstić information content (AvgIpc) is 2.26. The molecule has 15 heavy (non-hydrogen) atoms. The predicted octanol–water partition coefficient (Wildman–Crippen LogP) is 1.72. The van der Waals surface area contributed by atoms with Crippen molar-refractivity contribution >= 4 is 5.78 Å². The highest BCUT2D eigenvalue weighted by atomic mass is 16.3. The molecule has 0 fully saturated rings. The van der Waals surface area contributed by atoms with E-state index in [9.17, 15) is 9.70 Å². The van der Waals surface area contributed by atoms with Gasteiger partial charge in [0.2, 0.25) is 0 Å². The Balaban J connectivity index is 2.90. The second-order valence-electron chi connectivity index (χ2n) is 3.36. The summed E-state index contributed by atoms with van der Waals surface area (Å²) < 4.78 is 0. The largest absolute Gasteiger partial charge is 0.300 e. The van der Waals surface area contributed by atoms with Gasteiger partial charge in [-0.15, -0.1) is 4.91 Å². The van der Waals surface area contributed by atoms with E-state index in [0.717, 1.165) is 5.56 Å². The van der Waals surface area contributed by atoms with E-state index in [2.05, 4.69) is 10.3 Å². The van der Waals surface area contributed by atoms with Crippen molar-refractivity contribution in [2.24, 2.45) is 5.29 Å². The Kier molecular flexibility index (Phi) is 3.91. The Morgan fingerprint density at radius 2 is 2.40 bits per heavy atom. The van der Waals surface area contributed by atoms with E-state index in [1.165, 1.54) is 11.9 Å². The van der Waals surface area contributed by atoms with E-state index in [0.29, 0.717) is 0 Å². The molecule has 1 heterocycles. The zero-order valence-electron chi connectivity index (χ0n) is 8.75. The van der Waals surface area contributed by atoms with Crippen LogP contribution in [-0.2, 0) is 4.79 Å². The summed E-state index contributed by atoms with van der Waals surface area (Å²) in [6.07, 6.45) is 3.53.